The molecule has 5 rings (SSSR count). The van der Waals surface area contributed by atoms with Gasteiger partial charge >= 0.3 is 6.18 Å². The molecule has 0 saturated carbocycles. The molecule has 188 valence electrons. The van der Waals surface area contributed by atoms with Gasteiger partial charge in [-0.15, -0.1) is 0 Å². The molecule has 7 nitrogen and oxygen atoms in total. The van der Waals surface area contributed by atoms with Crippen molar-refractivity contribution in [3.05, 3.63) is 83.5 Å². The van der Waals surface area contributed by atoms with Crippen LogP contribution in [0.3, 0.4) is 0 Å². The molecule has 1 aliphatic heterocycles. The van der Waals surface area contributed by atoms with E-state index >= 15 is 0 Å². The van der Waals surface area contributed by atoms with Gasteiger partial charge in [-0.1, -0.05) is 18.2 Å². The second-order valence-electron chi connectivity index (χ2n) is 9.23. The Morgan fingerprint density at radius 3 is 2.61 bits per heavy atom. The van der Waals surface area contributed by atoms with E-state index in [1.807, 2.05) is 12.3 Å². The second-order valence-corrected chi connectivity index (χ2v) is 9.61. The highest BCUT2D eigenvalue weighted by molar-refractivity contribution is 6.35. The number of halogens is 4. The van der Waals surface area contributed by atoms with Crippen molar-refractivity contribution in [2.75, 3.05) is 18.0 Å². The van der Waals surface area contributed by atoms with Gasteiger partial charge in [-0.05, 0) is 54.1 Å². The fourth-order valence-electron chi connectivity index (χ4n) is 5.33. The molecule has 0 bridgehead atoms. The number of hydrogen-bond acceptors (Lipinski definition) is 6. The van der Waals surface area contributed by atoms with Gasteiger partial charge in [-0.3, -0.25) is 9.38 Å². The highest BCUT2D eigenvalue weighted by atomic mass is 35.5. The summed E-state index contributed by atoms with van der Waals surface area (Å²) in [6.07, 6.45) is 8.88. The Balaban J connectivity index is 1.46. The van der Waals surface area contributed by atoms with Crippen LogP contribution in [0.25, 0.3) is 11.1 Å². The third-order valence-electron chi connectivity index (χ3n) is 7.33. The van der Waals surface area contributed by atoms with E-state index in [1.165, 1.54) is 11.6 Å². The first-order chi connectivity index (χ1) is 17.2. The van der Waals surface area contributed by atoms with Crippen LogP contribution in [0.5, 0.6) is 0 Å². The van der Waals surface area contributed by atoms with E-state index in [-0.39, 0.29) is 22.9 Å². The maximum absolute atomic E-state index is 13.3. The first kappa shape index (κ1) is 24.3. The van der Waals surface area contributed by atoms with Gasteiger partial charge in [0.15, 0.2) is 5.82 Å². The molecule has 4 heterocycles. The Morgan fingerprint density at radius 1 is 1.19 bits per heavy atom. The van der Waals surface area contributed by atoms with E-state index in [9.17, 15) is 13.2 Å². The summed E-state index contributed by atoms with van der Waals surface area (Å²) < 4.78 is 41.5. The van der Waals surface area contributed by atoms with Crippen LogP contribution in [0.4, 0.5) is 19.0 Å². The van der Waals surface area contributed by atoms with Gasteiger partial charge in [0.1, 0.15) is 11.3 Å². The van der Waals surface area contributed by atoms with Crippen molar-refractivity contribution in [1.82, 2.24) is 19.4 Å². The maximum atomic E-state index is 13.3. The number of hydrogen-bond donors (Lipinski definition) is 2. The summed E-state index contributed by atoms with van der Waals surface area (Å²) in [4.78, 5) is 15.4. The number of piperidine rings is 1. The van der Waals surface area contributed by atoms with Crippen molar-refractivity contribution in [1.29, 1.82) is 0 Å². The number of nitrogens with two attached hydrogens (primary N) is 2. The van der Waals surface area contributed by atoms with Crippen LogP contribution in [-0.2, 0) is 6.42 Å². The highest BCUT2D eigenvalue weighted by Crippen LogP contribution is 2.51. The Hall–Kier alpha value is -3.37. The Kier molecular flexibility index (Phi) is 6.04. The standard InChI is InChI=1S/C25H25ClF3N7/c1-15(25(27,28)29)20(26)17(2-6-30)22-34-14-19-23(33-8-11-36(19)22)35-9-4-24(5-10-35)12-16-3-7-32-13-18(16)21(24)31/h2-3,6-8,11,13-14,21H,1,4-5,9-10,12,30-31H2/b6-2-,20-17-. The fraction of sp³-hybridized carbons (Fsp3) is 0.320. The van der Waals surface area contributed by atoms with Crippen LogP contribution in [0, 0.1) is 5.41 Å². The second kappa shape index (κ2) is 8.94. The lowest BCUT2D eigenvalue weighted by Gasteiger charge is -2.42. The Labute approximate surface area is 211 Å². The van der Waals surface area contributed by atoms with Gasteiger partial charge in [-0.25, -0.2) is 9.97 Å². The van der Waals surface area contributed by atoms with Crippen molar-refractivity contribution >= 4 is 28.5 Å². The lowest BCUT2D eigenvalue weighted by Crippen LogP contribution is -2.44. The first-order valence-corrected chi connectivity index (χ1v) is 11.8. The highest BCUT2D eigenvalue weighted by Gasteiger charge is 2.46. The molecule has 0 aromatic carbocycles. The number of pyridine rings is 1. The van der Waals surface area contributed by atoms with E-state index in [1.54, 1.807) is 29.2 Å². The molecule has 36 heavy (non-hydrogen) atoms. The summed E-state index contributed by atoms with van der Waals surface area (Å²) >= 11 is 6.12. The zero-order valence-electron chi connectivity index (χ0n) is 19.3. The molecule has 3 aromatic rings. The monoisotopic (exact) mass is 515 g/mol. The summed E-state index contributed by atoms with van der Waals surface area (Å²) in [6, 6.07) is 1.99. The Bertz CT molecular complexity index is 1380. The van der Waals surface area contributed by atoms with Gasteiger partial charge in [0.25, 0.3) is 0 Å². The van der Waals surface area contributed by atoms with Crippen molar-refractivity contribution in [3.8, 4) is 0 Å². The average Bonchev–Trinajstić information content (AvgIpc) is 3.41. The Morgan fingerprint density at radius 2 is 1.94 bits per heavy atom. The van der Waals surface area contributed by atoms with Crippen LogP contribution in [0.1, 0.15) is 35.8 Å². The molecule has 1 saturated heterocycles. The van der Waals surface area contributed by atoms with Gasteiger partial charge in [0, 0.05) is 49.5 Å². The van der Waals surface area contributed by atoms with Gasteiger partial charge in [0.2, 0.25) is 0 Å². The summed E-state index contributed by atoms with van der Waals surface area (Å²) in [5, 5.41) is -0.570. The average molecular weight is 516 g/mol. The summed E-state index contributed by atoms with van der Waals surface area (Å²) in [7, 11) is 0. The van der Waals surface area contributed by atoms with Crippen molar-refractivity contribution < 1.29 is 13.2 Å². The predicted octanol–water partition coefficient (Wildman–Crippen LogP) is 4.51. The number of fused-ring (bicyclic) bond motifs is 2. The molecule has 1 spiro atoms. The minimum atomic E-state index is -4.69. The number of imidazole rings is 1. The quantitative estimate of drug-likeness (QED) is 0.496. The molecule has 1 aliphatic carbocycles. The molecule has 1 atom stereocenters. The largest absolute Gasteiger partial charge is 0.417 e. The first-order valence-electron chi connectivity index (χ1n) is 11.5. The number of aromatic nitrogens is 4. The maximum Gasteiger partial charge on any atom is 0.417 e. The molecule has 0 radical (unpaired) electrons. The molecule has 3 aromatic heterocycles. The van der Waals surface area contributed by atoms with E-state index < -0.39 is 16.8 Å². The topological polar surface area (TPSA) is 98.4 Å². The van der Waals surface area contributed by atoms with Crippen LogP contribution in [0.2, 0.25) is 0 Å². The van der Waals surface area contributed by atoms with Gasteiger partial charge < -0.3 is 16.4 Å². The third kappa shape index (κ3) is 3.94. The lowest BCUT2D eigenvalue weighted by atomic mass is 9.73. The minimum Gasteiger partial charge on any atom is -0.405 e. The van der Waals surface area contributed by atoms with E-state index in [0.29, 0.717) is 11.3 Å². The molecule has 0 amide bonds. The molecule has 1 fully saturated rings. The third-order valence-corrected chi connectivity index (χ3v) is 7.76. The molecule has 4 N–H and O–H groups in total. The van der Waals surface area contributed by atoms with Crippen molar-refractivity contribution in [2.24, 2.45) is 16.9 Å². The van der Waals surface area contributed by atoms with E-state index in [2.05, 4.69) is 26.4 Å². The molecule has 1 unspecified atom stereocenters. The van der Waals surface area contributed by atoms with Crippen LogP contribution in [-0.4, -0.2) is 38.6 Å². The smallest absolute Gasteiger partial charge is 0.405 e. The van der Waals surface area contributed by atoms with Crippen LogP contribution in [0.15, 0.2) is 66.5 Å². The van der Waals surface area contributed by atoms with Crippen molar-refractivity contribution in [2.45, 2.75) is 31.5 Å². The summed E-state index contributed by atoms with van der Waals surface area (Å²) in [6.45, 7) is 4.58. The predicted molar refractivity (Wildman–Crippen MR) is 133 cm³/mol. The SMILES string of the molecule is C=C(/C(Cl)=C(\C=C/N)c1ncc2c(N3CCC4(CC3)Cc3ccncc3C4N)nccn12)C(F)(F)F. The van der Waals surface area contributed by atoms with Crippen LogP contribution >= 0.6 is 11.6 Å². The number of nitrogens with zero attached hydrogens (tertiary/aromatic N) is 5. The molecule has 2 aliphatic rings. The number of anilines is 1. The fourth-order valence-corrected chi connectivity index (χ4v) is 5.59. The van der Waals surface area contributed by atoms with Crippen LogP contribution < -0.4 is 16.4 Å². The molecular weight excluding hydrogens is 491 g/mol. The van der Waals surface area contributed by atoms with Gasteiger partial charge in [-0.2, -0.15) is 13.2 Å². The summed E-state index contributed by atoms with van der Waals surface area (Å²) in [5.74, 6) is 0.902. The minimum absolute atomic E-state index is 0.0135. The number of allylic oxidation sites excluding steroid dienone is 4. The molecule has 11 heteroatoms. The van der Waals surface area contributed by atoms with Gasteiger partial charge in [0.05, 0.1) is 16.8 Å². The molecular formula is C25H25ClF3N7. The van der Waals surface area contributed by atoms with E-state index in [4.69, 9.17) is 23.1 Å². The zero-order valence-corrected chi connectivity index (χ0v) is 20.1. The number of alkyl halides is 3. The zero-order chi connectivity index (χ0) is 25.7. The van der Waals surface area contributed by atoms with Crippen molar-refractivity contribution in [3.63, 3.8) is 0 Å². The number of rotatable bonds is 4. The van der Waals surface area contributed by atoms with E-state index in [0.717, 1.165) is 44.1 Å². The lowest BCUT2D eigenvalue weighted by molar-refractivity contribution is -0.0882. The normalized spacial score (nSPS) is 20.2. The summed E-state index contributed by atoms with van der Waals surface area (Å²) in [5.41, 5.74) is 14.0.